The molecule has 19 heavy (non-hydrogen) atoms. The summed E-state index contributed by atoms with van der Waals surface area (Å²) in [4.78, 5) is 16.3. The van der Waals surface area contributed by atoms with E-state index in [0.717, 1.165) is 36.6 Å². The fourth-order valence-electron chi connectivity index (χ4n) is 2.49. The highest BCUT2D eigenvalue weighted by Gasteiger charge is 2.21. The molecule has 2 aromatic rings. The third-order valence-electron chi connectivity index (χ3n) is 3.66. The van der Waals surface area contributed by atoms with Gasteiger partial charge in [0.05, 0.1) is 17.9 Å². The summed E-state index contributed by atoms with van der Waals surface area (Å²) in [6.07, 6.45) is 7.15. The summed E-state index contributed by atoms with van der Waals surface area (Å²) in [5, 5.41) is 10.6. The second-order valence-corrected chi connectivity index (χ2v) is 5.11. The predicted molar refractivity (Wildman–Crippen MR) is 71.6 cm³/mol. The average Bonchev–Trinajstić information content (AvgIpc) is 2.88. The van der Waals surface area contributed by atoms with Crippen molar-refractivity contribution in [2.75, 3.05) is 0 Å². The molecule has 2 heterocycles. The second kappa shape index (κ2) is 4.97. The summed E-state index contributed by atoms with van der Waals surface area (Å²) in [7, 11) is 0. The third-order valence-corrected chi connectivity index (χ3v) is 3.66. The molecule has 1 saturated carbocycles. The number of nitrogens with zero attached hydrogens (tertiary/aromatic N) is 2. The number of nitrogens with one attached hydrogen (secondary N) is 2. The first kappa shape index (κ1) is 12.1. The highest BCUT2D eigenvalue weighted by Crippen LogP contribution is 2.17. The average molecular weight is 259 g/mol. The van der Waals surface area contributed by atoms with Crippen molar-refractivity contribution in [2.45, 2.75) is 37.8 Å². The number of nitrogens with two attached hydrogens (primary N) is 1. The number of amides is 1. The van der Waals surface area contributed by atoms with Crippen LogP contribution in [0.15, 0.2) is 18.5 Å². The first-order valence-corrected chi connectivity index (χ1v) is 6.58. The number of rotatable bonds is 2. The van der Waals surface area contributed by atoms with Crippen LogP contribution in [0.5, 0.6) is 0 Å². The zero-order valence-electron chi connectivity index (χ0n) is 10.6. The smallest absolute Gasteiger partial charge is 0.270 e. The van der Waals surface area contributed by atoms with E-state index >= 15 is 0 Å². The van der Waals surface area contributed by atoms with Gasteiger partial charge in [-0.15, -0.1) is 0 Å². The van der Waals surface area contributed by atoms with Crippen molar-refractivity contribution in [3.63, 3.8) is 0 Å². The number of aromatic amines is 1. The fraction of sp³-hybridized carbons (Fsp3) is 0.462. The number of aromatic nitrogens is 3. The quantitative estimate of drug-likeness (QED) is 0.748. The first-order chi connectivity index (χ1) is 9.22. The minimum absolute atomic E-state index is 0.122. The minimum atomic E-state index is -0.122. The van der Waals surface area contributed by atoms with Gasteiger partial charge >= 0.3 is 0 Å². The van der Waals surface area contributed by atoms with Gasteiger partial charge in [-0.1, -0.05) is 0 Å². The molecule has 1 aliphatic rings. The van der Waals surface area contributed by atoms with E-state index in [9.17, 15) is 4.79 Å². The molecule has 1 aliphatic carbocycles. The molecule has 0 unspecified atom stereocenters. The van der Waals surface area contributed by atoms with Crippen molar-refractivity contribution in [3.8, 4) is 0 Å². The number of H-pyrrole nitrogens is 1. The Morgan fingerprint density at radius 2 is 2.11 bits per heavy atom. The molecule has 1 fully saturated rings. The van der Waals surface area contributed by atoms with Gasteiger partial charge in [-0.05, 0) is 31.7 Å². The van der Waals surface area contributed by atoms with Crippen LogP contribution in [0.1, 0.15) is 36.2 Å². The zero-order chi connectivity index (χ0) is 13.2. The van der Waals surface area contributed by atoms with Crippen LogP contribution >= 0.6 is 0 Å². The Bertz CT molecular complexity index is 585. The molecule has 6 heteroatoms. The first-order valence-electron chi connectivity index (χ1n) is 6.58. The Hall–Kier alpha value is -1.95. The van der Waals surface area contributed by atoms with E-state index in [1.54, 1.807) is 18.5 Å². The number of fused-ring (bicyclic) bond motifs is 1. The standard InChI is InChI=1S/C13H17N5O/c14-9-1-3-10(4-2-9)17-13(19)11-5-8-6-16-18-12(8)7-15-11/h5-7,9-10H,1-4,14H2,(H,16,18)(H,17,19). The van der Waals surface area contributed by atoms with Gasteiger partial charge in [-0.2, -0.15) is 5.10 Å². The van der Waals surface area contributed by atoms with Crippen molar-refractivity contribution in [3.05, 3.63) is 24.2 Å². The lowest BCUT2D eigenvalue weighted by atomic mass is 9.92. The summed E-state index contributed by atoms with van der Waals surface area (Å²) in [5.41, 5.74) is 7.12. The fourth-order valence-corrected chi connectivity index (χ4v) is 2.49. The van der Waals surface area contributed by atoms with Crippen LogP contribution < -0.4 is 11.1 Å². The van der Waals surface area contributed by atoms with Gasteiger partial charge in [0.15, 0.2) is 0 Å². The minimum Gasteiger partial charge on any atom is -0.348 e. The summed E-state index contributed by atoms with van der Waals surface area (Å²) < 4.78 is 0. The Kier molecular flexibility index (Phi) is 3.16. The van der Waals surface area contributed by atoms with Gasteiger partial charge in [0.25, 0.3) is 5.91 Å². The number of hydrogen-bond donors (Lipinski definition) is 3. The van der Waals surface area contributed by atoms with Gasteiger partial charge in [-0.3, -0.25) is 9.89 Å². The Morgan fingerprint density at radius 1 is 1.32 bits per heavy atom. The Morgan fingerprint density at radius 3 is 2.89 bits per heavy atom. The van der Waals surface area contributed by atoms with E-state index < -0.39 is 0 Å². The predicted octanol–water partition coefficient (Wildman–Crippen LogP) is 0.958. The van der Waals surface area contributed by atoms with Gasteiger partial charge in [0.2, 0.25) is 0 Å². The van der Waals surface area contributed by atoms with Gasteiger partial charge < -0.3 is 11.1 Å². The summed E-state index contributed by atoms with van der Waals surface area (Å²) >= 11 is 0. The van der Waals surface area contributed by atoms with Gasteiger partial charge in [0, 0.05) is 17.5 Å². The largest absolute Gasteiger partial charge is 0.348 e. The molecule has 4 N–H and O–H groups in total. The van der Waals surface area contributed by atoms with Crippen molar-refractivity contribution in [1.29, 1.82) is 0 Å². The third kappa shape index (κ3) is 2.58. The normalized spacial score (nSPS) is 23.4. The van der Waals surface area contributed by atoms with Crippen LogP contribution in [-0.4, -0.2) is 33.2 Å². The van der Waals surface area contributed by atoms with Crippen LogP contribution in [0.3, 0.4) is 0 Å². The monoisotopic (exact) mass is 259 g/mol. The van der Waals surface area contributed by atoms with Crippen molar-refractivity contribution in [2.24, 2.45) is 5.73 Å². The van der Waals surface area contributed by atoms with Crippen molar-refractivity contribution >= 4 is 16.8 Å². The highest BCUT2D eigenvalue weighted by molar-refractivity contribution is 5.95. The number of carbonyl (C=O) groups excluding carboxylic acids is 1. The molecule has 0 aliphatic heterocycles. The van der Waals surface area contributed by atoms with E-state index in [2.05, 4.69) is 20.5 Å². The van der Waals surface area contributed by atoms with Crippen LogP contribution in [0.25, 0.3) is 10.9 Å². The van der Waals surface area contributed by atoms with Crippen LogP contribution in [0.2, 0.25) is 0 Å². The molecule has 3 rings (SSSR count). The van der Waals surface area contributed by atoms with Crippen molar-refractivity contribution < 1.29 is 4.79 Å². The maximum Gasteiger partial charge on any atom is 0.270 e. The molecular weight excluding hydrogens is 242 g/mol. The molecule has 0 bridgehead atoms. The van der Waals surface area contributed by atoms with E-state index in [4.69, 9.17) is 5.73 Å². The van der Waals surface area contributed by atoms with Gasteiger partial charge in [-0.25, -0.2) is 4.98 Å². The summed E-state index contributed by atoms with van der Waals surface area (Å²) in [5.74, 6) is -0.122. The van der Waals surface area contributed by atoms with Crippen LogP contribution in [-0.2, 0) is 0 Å². The topological polar surface area (TPSA) is 96.7 Å². The molecule has 100 valence electrons. The maximum atomic E-state index is 12.1. The Labute approximate surface area is 110 Å². The molecule has 0 aromatic carbocycles. The van der Waals surface area contributed by atoms with Gasteiger partial charge in [0.1, 0.15) is 5.69 Å². The lowest BCUT2D eigenvalue weighted by Gasteiger charge is -2.26. The number of carbonyl (C=O) groups is 1. The molecule has 0 radical (unpaired) electrons. The van der Waals surface area contributed by atoms with Crippen molar-refractivity contribution in [1.82, 2.24) is 20.5 Å². The zero-order valence-corrected chi connectivity index (χ0v) is 10.6. The molecule has 2 aromatic heterocycles. The highest BCUT2D eigenvalue weighted by atomic mass is 16.1. The molecular formula is C13H17N5O. The molecule has 0 spiro atoms. The molecule has 0 saturated heterocycles. The summed E-state index contributed by atoms with van der Waals surface area (Å²) in [6, 6.07) is 2.26. The maximum absolute atomic E-state index is 12.1. The van der Waals surface area contributed by atoms with E-state index in [1.807, 2.05) is 0 Å². The van der Waals surface area contributed by atoms with Crippen LogP contribution in [0, 0.1) is 0 Å². The SMILES string of the molecule is NC1CCC(NC(=O)c2cc3cn[nH]c3cn2)CC1. The Balaban J connectivity index is 1.69. The molecule has 0 atom stereocenters. The lowest BCUT2D eigenvalue weighted by molar-refractivity contribution is 0.0921. The van der Waals surface area contributed by atoms with E-state index in [-0.39, 0.29) is 18.0 Å². The lowest BCUT2D eigenvalue weighted by Crippen LogP contribution is -2.40. The van der Waals surface area contributed by atoms with E-state index in [1.165, 1.54) is 0 Å². The molecule has 6 nitrogen and oxygen atoms in total. The number of pyridine rings is 1. The second-order valence-electron chi connectivity index (χ2n) is 5.11. The van der Waals surface area contributed by atoms with Crippen LogP contribution in [0.4, 0.5) is 0 Å². The van der Waals surface area contributed by atoms with E-state index in [0.29, 0.717) is 5.69 Å². The summed E-state index contributed by atoms with van der Waals surface area (Å²) in [6.45, 7) is 0. The molecule has 1 amide bonds. The number of hydrogen-bond acceptors (Lipinski definition) is 4.